The summed E-state index contributed by atoms with van der Waals surface area (Å²) in [5.74, 6) is 1.30. The van der Waals surface area contributed by atoms with Gasteiger partial charge in [0.2, 0.25) is 5.91 Å². The third-order valence-corrected chi connectivity index (χ3v) is 7.17. The second-order valence-corrected chi connectivity index (χ2v) is 9.75. The zero-order valence-corrected chi connectivity index (χ0v) is 22.8. The second kappa shape index (κ2) is 10.3. The van der Waals surface area contributed by atoms with E-state index in [0.717, 1.165) is 39.7 Å². The predicted molar refractivity (Wildman–Crippen MR) is 153 cm³/mol. The van der Waals surface area contributed by atoms with Crippen LogP contribution in [0.3, 0.4) is 0 Å². The highest BCUT2D eigenvalue weighted by Crippen LogP contribution is 2.45. The highest BCUT2D eigenvalue weighted by molar-refractivity contribution is 7.80. The van der Waals surface area contributed by atoms with Crippen LogP contribution in [0.1, 0.15) is 47.2 Å². The first kappa shape index (κ1) is 25.4. The van der Waals surface area contributed by atoms with Gasteiger partial charge in [0.25, 0.3) is 0 Å². The lowest BCUT2D eigenvalue weighted by atomic mass is 9.96. The molecule has 0 radical (unpaired) electrons. The Morgan fingerprint density at radius 1 is 1.05 bits per heavy atom. The standard InChI is InChI=1S/C29H30N6O2S/c1-17-9-8-14-31-28(17)34-18(2)15-22(19(34)3)27-26(23-10-6-7-13-30-23)33-29(38)35(27)21-11-12-25(37-5)24(16-21)32-20(4)36/h6-16,26-27H,1-5H3,(H,32,36)(H,33,38)/t26-,27-/m0/s1. The number of ether oxygens (including phenoxy) is 1. The maximum atomic E-state index is 11.9. The van der Waals surface area contributed by atoms with Crippen LogP contribution in [-0.2, 0) is 4.79 Å². The van der Waals surface area contributed by atoms with Crippen molar-refractivity contribution in [1.29, 1.82) is 0 Å². The van der Waals surface area contributed by atoms with E-state index in [4.69, 9.17) is 17.0 Å². The van der Waals surface area contributed by atoms with Crippen molar-refractivity contribution in [1.82, 2.24) is 19.9 Å². The minimum Gasteiger partial charge on any atom is -0.495 e. The molecule has 8 nitrogen and oxygen atoms in total. The summed E-state index contributed by atoms with van der Waals surface area (Å²) in [5.41, 5.74) is 6.63. The monoisotopic (exact) mass is 526 g/mol. The van der Waals surface area contributed by atoms with Crippen LogP contribution in [0.15, 0.2) is 67.0 Å². The fraction of sp³-hybridized carbons (Fsp3) is 0.241. The molecule has 1 amide bonds. The van der Waals surface area contributed by atoms with Crippen LogP contribution in [0.2, 0.25) is 0 Å². The van der Waals surface area contributed by atoms with Gasteiger partial charge >= 0.3 is 0 Å². The Hall–Kier alpha value is -4.24. The van der Waals surface area contributed by atoms with E-state index in [0.29, 0.717) is 16.5 Å². The number of thiocarbonyl (C=S) groups is 1. The third kappa shape index (κ3) is 4.50. The largest absolute Gasteiger partial charge is 0.495 e. The van der Waals surface area contributed by atoms with Gasteiger partial charge in [-0.3, -0.25) is 9.78 Å². The van der Waals surface area contributed by atoms with Crippen molar-refractivity contribution in [2.75, 3.05) is 17.3 Å². The summed E-state index contributed by atoms with van der Waals surface area (Å²) in [7, 11) is 1.58. The number of hydrogen-bond donors (Lipinski definition) is 2. The van der Waals surface area contributed by atoms with E-state index in [2.05, 4.69) is 63.0 Å². The number of pyridine rings is 2. The van der Waals surface area contributed by atoms with Gasteiger partial charge in [0.15, 0.2) is 5.11 Å². The van der Waals surface area contributed by atoms with E-state index in [9.17, 15) is 4.79 Å². The van der Waals surface area contributed by atoms with E-state index < -0.39 is 0 Å². The average Bonchev–Trinajstić information content (AvgIpc) is 3.39. The van der Waals surface area contributed by atoms with Crippen LogP contribution in [0, 0.1) is 20.8 Å². The number of aryl methyl sites for hydroxylation is 2. The maximum absolute atomic E-state index is 11.9. The summed E-state index contributed by atoms with van der Waals surface area (Å²) in [5, 5.41) is 6.96. The fourth-order valence-electron chi connectivity index (χ4n) is 5.21. The molecular weight excluding hydrogens is 496 g/mol. The molecule has 1 aliphatic rings. The summed E-state index contributed by atoms with van der Waals surface area (Å²) < 4.78 is 7.68. The molecule has 1 aromatic carbocycles. The lowest BCUT2D eigenvalue weighted by Gasteiger charge is -2.29. The summed E-state index contributed by atoms with van der Waals surface area (Å²) in [6, 6.07) is 17.4. The Morgan fingerprint density at radius 3 is 2.53 bits per heavy atom. The Balaban J connectivity index is 1.69. The number of carbonyl (C=O) groups is 1. The Bertz CT molecular complexity index is 1520. The van der Waals surface area contributed by atoms with Crippen LogP contribution in [0.25, 0.3) is 5.82 Å². The molecule has 2 atom stereocenters. The number of carbonyl (C=O) groups excluding carboxylic acids is 1. The van der Waals surface area contributed by atoms with Crippen LogP contribution >= 0.6 is 12.2 Å². The molecule has 9 heteroatoms. The molecule has 5 rings (SSSR count). The van der Waals surface area contributed by atoms with Crippen LogP contribution < -0.4 is 20.3 Å². The minimum absolute atomic E-state index is 0.181. The molecule has 2 N–H and O–H groups in total. The summed E-state index contributed by atoms with van der Waals surface area (Å²) in [4.78, 5) is 23.4. The van der Waals surface area contributed by atoms with E-state index in [1.165, 1.54) is 6.92 Å². The van der Waals surface area contributed by atoms with Gasteiger partial charge in [0.1, 0.15) is 11.6 Å². The molecular formula is C29H30N6O2S. The van der Waals surface area contributed by atoms with Crippen molar-refractivity contribution < 1.29 is 9.53 Å². The van der Waals surface area contributed by atoms with Gasteiger partial charge in [-0.2, -0.15) is 0 Å². The fourth-order valence-corrected chi connectivity index (χ4v) is 5.55. The highest BCUT2D eigenvalue weighted by atomic mass is 32.1. The number of amides is 1. The first-order valence-corrected chi connectivity index (χ1v) is 12.8. The predicted octanol–water partition coefficient (Wildman–Crippen LogP) is 5.34. The Labute approximate surface area is 227 Å². The topological polar surface area (TPSA) is 84.3 Å². The molecule has 1 fully saturated rings. The Morgan fingerprint density at radius 2 is 1.84 bits per heavy atom. The zero-order valence-electron chi connectivity index (χ0n) is 22.0. The number of rotatable bonds is 6. The van der Waals surface area contributed by atoms with Gasteiger partial charge in [0, 0.05) is 36.4 Å². The molecule has 4 heterocycles. The maximum Gasteiger partial charge on any atom is 0.221 e. The highest BCUT2D eigenvalue weighted by Gasteiger charge is 2.42. The third-order valence-electron chi connectivity index (χ3n) is 6.85. The SMILES string of the molecule is COc1ccc(N2C(=S)N[C@@H](c3ccccn3)[C@@H]2c2cc(C)n(-c3ncccc3C)c2C)cc1NC(C)=O. The van der Waals surface area contributed by atoms with Crippen molar-refractivity contribution >= 4 is 34.6 Å². The number of hydrogen-bond acceptors (Lipinski definition) is 5. The van der Waals surface area contributed by atoms with Crippen molar-refractivity contribution in [3.63, 3.8) is 0 Å². The zero-order chi connectivity index (χ0) is 27.0. The summed E-state index contributed by atoms with van der Waals surface area (Å²) in [6.07, 6.45) is 3.61. The first-order valence-electron chi connectivity index (χ1n) is 12.4. The molecule has 4 aromatic rings. The number of nitrogens with one attached hydrogen (secondary N) is 2. The van der Waals surface area contributed by atoms with E-state index in [1.807, 2.05) is 48.7 Å². The van der Waals surface area contributed by atoms with Crippen LogP contribution in [0.4, 0.5) is 11.4 Å². The van der Waals surface area contributed by atoms with Crippen molar-refractivity contribution in [2.45, 2.75) is 39.8 Å². The molecule has 0 aliphatic carbocycles. The number of nitrogens with zero attached hydrogens (tertiary/aromatic N) is 4. The molecule has 0 unspecified atom stereocenters. The van der Waals surface area contributed by atoms with Gasteiger partial charge in [-0.05, 0) is 86.6 Å². The van der Waals surface area contributed by atoms with Crippen molar-refractivity contribution in [2.24, 2.45) is 0 Å². The molecule has 0 bridgehead atoms. The molecule has 1 saturated heterocycles. The summed E-state index contributed by atoms with van der Waals surface area (Å²) in [6.45, 7) is 7.75. The average molecular weight is 527 g/mol. The molecule has 0 saturated carbocycles. The molecule has 3 aromatic heterocycles. The van der Waals surface area contributed by atoms with Gasteiger partial charge in [-0.15, -0.1) is 0 Å². The van der Waals surface area contributed by atoms with E-state index in [-0.39, 0.29) is 18.0 Å². The smallest absolute Gasteiger partial charge is 0.221 e. The number of methoxy groups -OCH3 is 1. The molecule has 0 spiro atoms. The molecule has 1 aliphatic heterocycles. The lowest BCUT2D eigenvalue weighted by Crippen LogP contribution is -2.29. The van der Waals surface area contributed by atoms with Crippen LogP contribution in [0.5, 0.6) is 5.75 Å². The minimum atomic E-state index is -0.208. The Kier molecular flexibility index (Phi) is 6.86. The van der Waals surface area contributed by atoms with Gasteiger partial charge in [0.05, 0.1) is 30.6 Å². The number of benzene rings is 1. The first-order chi connectivity index (χ1) is 18.3. The van der Waals surface area contributed by atoms with Gasteiger partial charge < -0.3 is 24.8 Å². The van der Waals surface area contributed by atoms with E-state index in [1.54, 1.807) is 13.3 Å². The van der Waals surface area contributed by atoms with Gasteiger partial charge in [-0.25, -0.2) is 4.98 Å². The number of anilines is 2. The van der Waals surface area contributed by atoms with Crippen molar-refractivity contribution in [3.8, 4) is 11.6 Å². The quantitative estimate of drug-likeness (QED) is 0.328. The molecule has 38 heavy (non-hydrogen) atoms. The van der Waals surface area contributed by atoms with E-state index >= 15 is 0 Å². The van der Waals surface area contributed by atoms with Crippen molar-refractivity contribution in [3.05, 3.63) is 95.2 Å². The lowest BCUT2D eigenvalue weighted by molar-refractivity contribution is -0.114. The number of aromatic nitrogens is 3. The summed E-state index contributed by atoms with van der Waals surface area (Å²) >= 11 is 5.92. The second-order valence-electron chi connectivity index (χ2n) is 9.37. The normalized spacial score (nSPS) is 16.9. The van der Waals surface area contributed by atoms with Crippen LogP contribution in [-0.4, -0.2) is 32.7 Å². The molecule has 194 valence electrons. The van der Waals surface area contributed by atoms with Gasteiger partial charge in [-0.1, -0.05) is 12.1 Å².